The van der Waals surface area contributed by atoms with Gasteiger partial charge in [-0.3, -0.25) is 27.7 Å². The molecule has 0 bridgehead atoms. The molecule has 5 unspecified atom stereocenters. The van der Waals surface area contributed by atoms with Gasteiger partial charge in [0.05, 0.1) is 26.4 Å². The van der Waals surface area contributed by atoms with E-state index in [4.69, 9.17) is 9.47 Å². The minimum Gasteiger partial charge on any atom is -0.463 e. The maximum Gasteiger partial charge on any atom is 0.472 e. The molecule has 0 aliphatic rings. The molecule has 0 aliphatic heterocycles. The third-order valence-electron chi connectivity index (χ3n) is 9.79. The summed E-state index contributed by atoms with van der Waals surface area (Å²) in [6.07, 6.45) is 39.6. The fourth-order valence-corrected chi connectivity index (χ4v) is 7.61. The summed E-state index contributed by atoms with van der Waals surface area (Å²) in [7, 11) is -9.58. The van der Waals surface area contributed by atoms with E-state index in [1.54, 1.807) is 0 Å². The van der Waals surface area contributed by atoms with E-state index in [9.17, 15) is 43.8 Å². The highest BCUT2D eigenvalue weighted by Crippen LogP contribution is 2.45. The predicted octanol–water partition coefficient (Wildman–Crippen LogP) is 10.8. The Kier molecular flexibility index (Phi) is 42.2. The molecule has 0 spiro atoms. The monoisotopic (exact) mass is 953 g/mol. The maximum atomic E-state index is 12.2. The number of phosphoric ester groups is 2. The van der Waals surface area contributed by atoms with Gasteiger partial charge in [0.15, 0.2) is 0 Å². The van der Waals surface area contributed by atoms with Gasteiger partial charge in [0.2, 0.25) is 0 Å². The highest BCUT2D eigenvalue weighted by Gasteiger charge is 2.28. The maximum absolute atomic E-state index is 12.2. The summed E-state index contributed by atoms with van der Waals surface area (Å²) in [6, 6.07) is 0. The van der Waals surface area contributed by atoms with Crippen LogP contribution in [-0.2, 0) is 46.3 Å². The normalized spacial score (nSPS) is 15.5. The van der Waals surface area contributed by atoms with Gasteiger partial charge in [0.1, 0.15) is 31.5 Å². The summed E-state index contributed by atoms with van der Waals surface area (Å²) in [6.45, 7) is 0.353. The number of allylic oxidation sites excluding steroid dienone is 8. The molecule has 0 heterocycles. The molecule has 15 nitrogen and oxygen atoms in total. The molecule has 5 atom stereocenters. The van der Waals surface area contributed by atoms with Crippen LogP contribution in [0.4, 0.5) is 0 Å². The van der Waals surface area contributed by atoms with Crippen molar-refractivity contribution in [1.29, 1.82) is 0 Å². The lowest BCUT2D eigenvalue weighted by Gasteiger charge is -2.19. The number of rotatable bonds is 46. The van der Waals surface area contributed by atoms with Gasteiger partial charge < -0.3 is 34.6 Å². The zero-order valence-electron chi connectivity index (χ0n) is 39.2. The SMILES string of the molecule is CCCCC/C=C\C/C=C\C/C=C\C/C=C\CCCCCC(=O)OCC(O)COP(=O)(O)OCC(O)COP(=O)(O)OCC(O)COC(=O)CCCCCCCCCCCCCCC. The second-order valence-corrected chi connectivity index (χ2v) is 19.0. The molecular weight excluding hydrogens is 866 g/mol. The fraction of sp³-hybridized carbons (Fsp3) is 0.787. The van der Waals surface area contributed by atoms with Gasteiger partial charge in [-0.15, -0.1) is 0 Å². The molecule has 0 fully saturated rings. The highest BCUT2D eigenvalue weighted by atomic mass is 31.2. The van der Waals surface area contributed by atoms with Gasteiger partial charge in [-0.2, -0.15) is 0 Å². The molecule has 374 valence electrons. The first kappa shape index (κ1) is 62.0. The third-order valence-corrected chi connectivity index (χ3v) is 11.7. The van der Waals surface area contributed by atoms with E-state index >= 15 is 0 Å². The van der Waals surface area contributed by atoms with Gasteiger partial charge in [-0.05, 0) is 57.8 Å². The third kappa shape index (κ3) is 45.2. The van der Waals surface area contributed by atoms with Crippen LogP contribution in [0.1, 0.15) is 181 Å². The Hall–Kier alpha value is -2.00. The quantitative estimate of drug-likeness (QED) is 0.0166. The molecule has 0 rings (SSSR count). The summed E-state index contributed by atoms with van der Waals surface area (Å²) in [4.78, 5) is 43.7. The van der Waals surface area contributed by atoms with E-state index < -0.39 is 85.5 Å². The van der Waals surface area contributed by atoms with Crippen LogP contribution < -0.4 is 0 Å². The molecule has 0 saturated heterocycles. The molecule has 64 heavy (non-hydrogen) atoms. The number of unbranched alkanes of at least 4 members (excludes halogenated alkanes) is 18. The second-order valence-electron chi connectivity index (χ2n) is 16.1. The molecule has 0 aromatic carbocycles. The van der Waals surface area contributed by atoms with Crippen LogP contribution in [0.2, 0.25) is 0 Å². The number of hydrogen-bond donors (Lipinski definition) is 5. The van der Waals surface area contributed by atoms with Gasteiger partial charge in [-0.1, -0.05) is 159 Å². The molecule has 0 saturated carbocycles. The summed E-state index contributed by atoms with van der Waals surface area (Å²) < 4.78 is 52.9. The summed E-state index contributed by atoms with van der Waals surface area (Å²) in [5, 5.41) is 30.0. The predicted molar refractivity (Wildman–Crippen MR) is 251 cm³/mol. The Balaban J connectivity index is 3.93. The van der Waals surface area contributed by atoms with Crippen molar-refractivity contribution in [2.75, 3.05) is 39.6 Å². The Morgan fingerprint density at radius 3 is 1.03 bits per heavy atom. The molecule has 5 N–H and O–H groups in total. The van der Waals surface area contributed by atoms with Crippen molar-refractivity contribution in [2.24, 2.45) is 0 Å². The van der Waals surface area contributed by atoms with Crippen LogP contribution in [-0.4, -0.2) is 95.0 Å². The fourth-order valence-electron chi connectivity index (χ4n) is 6.02. The lowest BCUT2D eigenvalue weighted by atomic mass is 10.0. The van der Waals surface area contributed by atoms with E-state index in [2.05, 4.69) is 80.6 Å². The Labute approximate surface area is 385 Å². The Bertz CT molecular complexity index is 1340. The number of carbonyl (C=O) groups excluding carboxylic acids is 2. The van der Waals surface area contributed by atoms with E-state index in [0.29, 0.717) is 12.8 Å². The van der Waals surface area contributed by atoms with Crippen molar-refractivity contribution in [3.8, 4) is 0 Å². The number of esters is 2. The van der Waals surface area contributed by atoms with E-state index in [1.807, 2.05) is 0 Å². The topological polar surface area (TPSA) is 225 Å². The molecular formula is C47H86O15P2. The molecule has 17 heteroatoms. The highest BCUT2D eigenvalue weighted by molar-refractivity contribution is 7.47. The van der Waals surface area contributed by atoms with Crippen molar-refractivity contribution in [3.05, 3.63) is 48.6 Å². The molecule has 0 amide bonds. The van der Waals surface area contributed by atoms with Crippen LogP contribution in [0.3, 0.4) is 0 Å². The van der Waals surface area contributed by atoms with E-state index in [1.165, 1.54) is 77.0 Å². The number of carbonyl (C=O) groups is 2. The lowest BCUT2D eigenvalue weighted by Crippen LogP contribution is -2.25. The molecule has 0 aromatic rings. The van der Waals surface area contributed by atoms with Crippen molar-refractivity contribution < 1.29 is 71.4 Å². The lowest BCUT2D eigenvalue weighted by molar-refractivity contribution is -0.148. The van der Waals surface area contributed by atoms with Gasteiger partial charge in [0, 0.05) is 12.8 Å². The number of ether oxygens (including phenoxy) is 2. The van der Waals surface area contributed by atoms with Crippen molar-refractivity contribution in [2.45, 2.75) is 199 Å². The number of aliphatic hydroxyl groups is 3. The molecule has 0 aromatic heterocycles. The van der Waals surface area contributed by atoms with Crippen LogP contribution in [0.25, 0.3) is 0 Å². The number of phosphoric acid groups is 2. The Morgan fingerprint density at radius 2 is 0.672 bits per heavy atom. The summed E-state index contributed by atoms with van der Waals surface area (Å²) in [5.41, 5.74) is 0. The first-order chi connectivity index (χ1) is 30.8. The smallest absolute Gasteiger partial charge is 0.463 e. The zero-order valence-corrected chi connectivity index (χ0v) is 41.0. The van der Waals surface area contributed by atoms with Gasteiger partial charge >= 0.3 is 27.6 Å². The van der Waals surface area contributed by atoms with Crippen LogP contribution in [0.15, 0.2) is 48.6 Å². The largest absolute Gasteiger partial charge is 0.472 e. The van der Waals surface area contributed by atoms with Crippen LogP contribution >= 0.6 is 15.6 Å². The summed E-state index contributed by atoms with van der Waals surface area (Å²) >= 11 is 0. The molecule has 0 aliphatic carbocycles. The van der Waals surface area contributed by atoms with Gasteiger partial charge in [-0.25, -0.2) is 9.13 Å². The van der Waals surface area contributed by atoms with Crippen molar-refractivity contribution in [1.82, 2.24) is 0 Å². The number of hydrogen-bond acceptors (Lipinski definition) is 13. The van der Waals surface area contributed by atoms with Crippen LogP contribution in [0.5, 0.6) is 0 Å². The van der Waals surface area contributed by atoms with E-state index in [0.717, 1.165) is 64.2 Å². The average Bonchev–Trinajstić information content (AvgIpc) is 3.27. The average molecular weight is 953 g/mol. The van der Waals surface area contributed by atoms with Crippen molar-refractivity contribution in [3.63, 3.8) is 0 Å². The summed E-state index contributed by atoms with van der Waals surface area (Å²) in [5.74, 6) is -1.02. The number of aliphatic hydroxyl groups excluding tert-OH is 3. The first-order valence-electron chi connectivity index (χ1n) is 24.0. The molecule has 0 radical (unpaired) electrons. The standard InChI is InChI=1S/C47H86O15P2/c1-3-5-7-9-11-13-15-17-18-19-20-21-22-24-26-28-30-32-34-36-47(52)58-38-44(49)40-60-64(55,56)62-42-45(50)41-61-63(53,54)59-39-43(48)37-57-46(51)35-33-31-29-27-25-23-16-14-12-10-8-6-4-2/h11,13,17-18,20-21,24,26,43-45,48-50H,3-10,12,14-16,19,22-23,25,27-42H2,1-2H3,(H,53,54)(H,55,56)/b13-11-,18-17-,21-20-,26-24-. The van der Waals surface area contributed by atoms with Crippen molar-refractivity contribution >= 4 is 27.6 Å². The minimum atomic E-state index is -4.79. The second kappa shape index (κ2) is 43.6. The van der Waals surface area contributed by atoms with Gasteiger partial charge in [0.25, 0.3) is 0 Å². The minimum absolute atomic E-state index is 0.158. The first-order valence-corrected chi connectivity index (χ1v) is 27.0. The Morgan fingerprint density at radius 1 is 0.406 bits per heavy atom. The van der Waals surface area contributed by atoms with Crippen LogP contribution in [0, 0.1) is 0 Å². The van der Waals surface area contributed by atoms with E-state index in [-0.39, 0.29) is 12.8 Å². The zero-order chi connectivity index (χ0) is 47.4.